The fourth-order valence-electron chi connectivity index (χ4n) is 1.19. The number of carbonyl (C=O) groups excluding carboxylic acids is 1. The molecule has 0 N–H and O–H groups in total. The largest absolute Gasteiger partial charge is 0.462 e. The molecule has 0 aliphatic rings. The molecule has 0 heterocycles. The topological polar surface area (TPSA) is 26.3 Å². The van der Waals surface area contributed by atoms with Crippen molar-refractivity contribution in [1.82, 2.24) is 0 Å². The molecule has 0 aliphatic carbocycles. The van der Waals surface area contributed by atoms with E-state index in [0.29, 0.717) is 6.61 Å². The van der Waals surface area contributed by atoms with Crippen molar-refractivity contribution < 1.29 is 9.53 Å². The van der Waals surface area contributed by atoms with Gasteiger partial charge in [0.25, 0.3) is 0 Å². The van der Waals surface area contributed by atoms with Gasteiger partial charge in [-0.1, -0.05) is 39.0 Å². The number of rotatable bonds is 8. The van der Waals surface area contributed by atoms with Crippen LogP contribution in [0.2, 0.25) is 0 Å². The minimum Gasteiger partial charge on any atom is -0.462 e. The lowest BCUT2D eigenvalue weighted by molar-refractivity contribution is -0.137. The molecule has 0 rings (SSSR count). The smallest absolute Gasteiger partial charge is 0.332 e. The molecular formula is C11H18I2O2. The third-order valence-corrected chi connectivity index (χ3v) is 2.59. The third kappa shape index (κ3) is 12.6. The van der Waals surface area contributed by atoms with Gasteiger partial charge in [-0.25, -0.2) is 4.79 Å². The van der Waals surface area contributed by atoms with E-state index in [4.69, 9.17) is 4.74 Å². The number of unbranched alkanes of at least 4 members (excludes halogenated alkanes) is 5. The zero-order valence-corrected chi connectivity index (χ0v) is 13.4. The first-order valence-electron chi connectivity index (χ1n) is 5.36. The Hall–Kier alpha value is 0.670. The van der Waals surface area contributed by atoms with Gasteiger partial charge >= 0.3 is 5.97 Å². The van der Waals surface area contributed by atoms with Crippen LogP contribution in [0.3, 0.4) is 0 Å². The van der Waals surface area contributed by atoms with Gasteiger partial charge in [-0.05, 0) is 51.6 Å². The molecule has 0 bridgehead atoms. The molecule has 0 aromatic rings. The Morgan fingerprint density at radius 1 is 1.13 bits per heavy atom. The van der Waals surface area contributed by atoms with Crippen LogP contribution in [-0.4, -0.2) is 12.6 Å². The zero-order chi connectivity index (χ0) is 11.5. The summed E-state index contributed by atoms with van der Waals surface area (Å²) in [5.74, 6) is -0.220. The van der Waals surface area contributed by atoms with Gasteiger partial charge in [-0.15, -0.1) is 0 Å². The predicted octanol–water partition coefficient (Wildman–Crippen LogP) is 4.60. The minimum absolute atomic E-state index is 0.220. The molecule has 0 radical (unpaired) electrons. The summed E-state index contributed by atoms with van der Waals surface area (Å²) in [6.45, 7) is 2.77. The second-order valence-corrected chi connectivity index (χ2v) is 7.76. The maximum absolute atomic E-state index is 11.1. The van der Waals surface area contributed by atoms with Crippen LogP contribution in [0.15, 0.2) is 7.66 Å². The predicted molar refractivity (Wildman–Crippen MR) is 80.5 cm³/mol. The zero-order valence-electron chi connectivity index (χ0n) is 9.10. The third-order valence-electron chi connectivity index (χ3n) is 1.97. The summed E-state index contributed by atoms with van der Waals surface area (Å²) in [6, 6.07) is 0. The maximum atomic E-state index is 11.1. The molecule has 0 aromatic heterocycles. The van der Waals surface area contributed by atoms with E-state index in [0.717, 1.165) is 8.01 Å². The second-order valence-electron chi connectivity index (χ2n) is 3.37. The van der Waals surface area contributed by atoms with Crippen LogP contribution in [0.1, 0.15) is 45.4 Å². The Bertz CT molecular complexity index is 199. The summed E-state index contributed by atoms with van der Waals surface area (Å²) in [5, 5.41) is 0. The first-order chi connectivity index (χ1) is 7.16. The average Bonchev–Trinajstić information content (AvgIpc) is 2.15. The summed E-state index contributed by atoms with van der Waals surface area (Å²) in [6.07, 6.45) is 8.81. The Labute approximate surface area is 119 Å². The van der Waals surface area contributed by atoms with Gasteiger partial charge in [0.1, 0.15) is 0 Å². The van der Waals surface area contributed by atoms with Crippen molar-refractivity contribution >= 4 is 51.2 Å². The van der Waals surface area contributed by atoms with E-state index in [2.05, 4.69) is 52.1 Å². The number of halogens is 2. The van der Waals surface area contributed by atoms with Gasteiger partial charge in [0.05, 0.1) is 8.19 Å². The lowest BCUT2D eigenvalue weighted by atomic mass is 10.1. The van der Waals surface area contributed by atoms with E-state index in [-0.39, 0.29) is 5.97 Å². The fourth-order valence-corrected chi connectivity index (χ4v) is 1.69. The van der Waals surface area contributed by atoms with Gasteiger partial charge in [-0.2, -0.15) is 0 Å². The lowest BCUT2D eigenvalue weighted by Gasteiger charge is -2.02. The van der Waals surface area contributed by atoms with E-state index in [9.17, 15) is 4.79 Å². The van der Waals surface area contributed by atoms with Crippen molar-refractivity contribution in [2.45, 2.75) is 45.4 Å². The van der Waals surface area contributed by atoms with Gasteiger partial charge in [0.2, 0.25) is 0 Å². The SMILES string of the molecule is CCCCCCCCOC(=O)C=C(I)I. The van der Waals surface area contributed by atoms with Gasteiger partial charge in [-0.3, -0.25) is 0 Å². The molecule has 0 saturated carbocycles. The van der Waals surface area contributed by atoms with Gasteiger partial charge in [0, 0.05) is 6.08 Å². The van der Waals surface area contributed by atoms with Crippen molar-refractivity contribution in [1.29, 1.82) is 0 Å². The molecule has 0 spiro atoms. The summed E-state index contributed by atoms with van der Waals surface area (Å²) >= 11 is 4.18. The molecular weight excluding hydrogens is 418 g/mol. The fraction of sp³-hybridized carbons (Fsp3) is 0.727. The van der Waals surface area contributed by atoms with Crippen LogP contribution >= 0.6 is 45.2 Å². The quantitative estimate of drug-likeness (QED) is 0.241. The molecule has 0 aromatic carbocycles. The molecule has 0 saturated heterocycles. The molecule has 0 aliphatic heterocycles. The Morgan fingerprint density at radius 3 is 2.33 bits per heavy atom. The van der Waals surface area contributed by atoms with Crippen LogP contribution in [0, 0.1) is 0 Å². The Balaban J connectivity index is 3.24. The Morgan fingerprint density at radius 2 is 1.73 bits per heavy atom. The van der Waals surface area contributed by atoms with Gasteiger partial charge < -0.3 is 4.74 Å². The van der Waals surface area contributed by atoms with E-state index in [1.54, 1.807) is 0 Å². The monoisotopic (exact) mass is 436 g/mol. The number of esters is 1. The molecule has 15 heavy (non-hydrogen) atoms. The van der Waals surface area contributed by atoms with Crippen LogP contribution in [0.5, 0.6) is 0 Å². The standard InChI is InChI=1S/C11H18I2O2/c1-2-3-4-5-6-7-8-15-11(14)9-10(12)13/h9H,2-8H2,1H3. The molecule has 0 amide bonds. The normalized spacial score (nSPS) is 9.80. The Kier molecular flexibility index (Phi) is 11.7. The highest BCUT2D eigenvalue weighted by Gasteiger charge is 1.98. The summed E-state index contributed by atoms with van der Waals surface area (Å²) in [7, 11) is 0. The van der Waals surface area contributed by atoms with E-state index >= 15 is 0 Å². The van der Waals surface area contributed by atoms with E-state index in [1.165, 1.54) is 38.2 Å². The van der Waals surface area contributed by atoms with Crippen molar-refractivity contribution in [3.05, 3.63) is 7.66 Å². The average molecular weight is 436 g/mol. The number of ether oxygens (including phenoxy) is 1. The highest BCUT2D eigenvalue weighted by atomic mass is 127. The van der Waals surface area contributed by atoms with Crippen molar-refractivity contribution in [2.75, 3.05) is 6.61 Å². The van der Waals surface area contributed by atoms with Crippen molar-refractivity contribution in [2.24, 2.45) is 0 Å². The molecule has 0 unspecified atom stereocenters. The highest BCUT2D eigenvalue weighted by molar-refractivity contribution is 14.2. The number of hydrogen-bond acceptors (Lipinski definition) is 2. The molecule has 2 nitrogen and oxygen atoms in total. The summed E-state index contributed by atoms with van der Waals surface area (Å²) < 4.78 is 5.96. The van der Waals surface area contributed by atoms with Crippen LogP contribution in [-0.2, 0) is 9.53 Å². The molecule has 88 valence electrons. The number of carbonyl (C=O) groups is 1. The number of hydrogen-bond donors (Lipinski definition) is 0. The van der Waals surface area contributed by atoms with Crippen LogP contribution in [0.4, 0.5) is 0 Å². The molecule has 4 heteroatoms. The minimum atomic E-state index is -0.220. The van der Waals surface area contributed by atoms with Crippen LogP contribution < -0.4 is 0 Å². The first-order valence-corrected chi connectivity index (χ1v) is 7.52. The van der Waals surface area contributed by atoms with Crippen LogP contribution in [0.25, 0.3) is 0 Å². The first kappa shape index (κ1) is 15.7. The van der Waals surface area contributed by atoms with Crippen molar-refractivity contribution in [3.63, 3.8) is 0 Å². The molecule has 0 fully saturated rings. The van der Waals surface area contributed by atoms with E-state index in [1.807, 2.05) is 0 Å². The lowest BCUT2D eigenvalue weighted by Crippen LogP contribution is -2.02. The summed E-state index contributed by atoms with van der Waals surface area (Å²) in [5.41, 5.74) is 0. The summed E-state index contributed by atoms with van der Waals surface area (Å²) in [4.78, 5) is 11.1. The van der Waals surface area contributed by atoms with Crippen molar-refractivity contribution in [3.8, 4) is 0 Å². The second kappa shape index (κ2) is 11.2. The molecule has 0 atom stereocenters. The van der Waals surface area contributed by atoms with Gasteiger partial charge in [0.15, 0.2) is 0 Å². The highest BCUT2D eigenvalue weighted by Crippen LogP contribution is 2.14. The van der Waals surface area contributed by atoms with E-state index < -0.39 is 0 Å². The maximum Gasteiger partial charge on any atom is 0.332 e.